The first-order chi connectivity index (χ1) is 11.6. The normalized spacial score (nSPS) is 11.9. The number of carboxylic acid groups (broad SMARTS) is 1. The van der Waals surface area contributed by atoms with Crippen LogP contribution < -0.4 is 5.32 Å². The molecule has 0 heterocycles. The first-order valence-corrected chi connectivity index (χ1v) is 7.91. The Morgan fingerprint density at radius 1 is 0.875 bits per heavy atom. The van der Waals surface area contributed by atoms with Gasteiger partial charge in [0.25, 0.3) is 0 Å². The van der Waals surface area contributed by atoms with Crippen molar-refractivity contribution in [3.8, 4) is 0 Å². The van der Waals surface area contributed by atoms with Crippen LogP contribution in [-0.4, -0.2) is 83.7 Å². The van der Waals surface area contributed by atoms with Crippen LogP contribution in [0, 0.1) is 0 Å². The largest absolute Gasteiger partial charge is 0.480 e. The molecule has 0 spiro atoms. The zero-order valence-corrected chi connectivity index (χ0v) is 14.5. The molecule has 142 valence electrons. The molecule has 0 aliphatic heterocycles. The number of hydrogen-bond donors (Lipinski definition) is 2. The number of methoxy groups -OCH3 is 2. The number of nitrogens with one attached hydrogen (secondary N) is 1. The Hall–Kier alpha value is -1.42. The molecule has 9 heteroatoms. The van der Waals surface area contributed by atoms with Gasteiger partial charge in [0.15, 0.2) is 0 Å². The summed E-state index contributed by atoms with van der Waals surface area (Å²) >= 11 is 0. The van der Waals surface area contributed by atoms with Crippen molar-refractivity contribution in [1.82, 2.24) is 5.32 Å². The molecule has 0 aromatic rings. The predicted octanol–water partition coefficient (Wildman–Crippen LogP) is 0.662. The van der Waals surface area contributed by atoms with Gasteiger partial charge in [-0.15, -0.1) is 0 Å². The van der Waals surface area contributed by atoms with Gasteiger partial charge >= 0.3 is 12.1 Å². The second-order valence-electron chi connectivity index (χ2n) is 4.88. The maximum atomic E-state index is 11.5. The van der Waals surface area contributed by atoms with Crippen LogP contribution in [0.3, 0.4) is 0 Å². The molecule has 0 aromatic carbocycles. The molecule has 1 unspecified atom stereocenters. The fraction of sp³-hybridized carbons (Fsp3) is 0.867. The van der Waals surface area contributed by atoms with E-state index >= 15 is 0 Å². The molecule has 0 rings (SSSR count). The van der Waals surface area contributed by atoms with Crippen LogP contribution in [-0.2, 0) is 28.5 Å². The van der Waals surface area contributed by atoms with Gasteiger partial charge in [0.2, 0.25) is 0 Å². The summed E-state index contributed by atoms with van der Waals surface area (Å²) in [5, 5.41) is 11.4. The maximum absolute atomic E-state index is 11.5. The Labute approximate surface area is 142 Å². The lowest BCUT2D eigenvalue weighted by Gasteiger charge is -2.14. The standard InChI is InChI=1S/C15H29NO8/c1-20-7-9-22-6-4-3-5-13(14(17)18)16-15(19)24-12-11-23-10-8-21-2/h13H,3-12H2,1-2H3,(H,16,19)(H,17,18). The highest BCUT2D eigenvalue weighted by Crippen LogP contribution is 2.02. The maximum Gasteiger partial charge on any atom is 0.407 e. The highest BCUT2D eigenvalue weighted by molar-refractivity contribution is 5.79. The predicted molar refractivity (Wildman–Crippen MR) is 85.1 cm³/mol. The fourth-order valence-electron chi connectivity index (χ4n) is 1.68. The average molecular weight is 351 g/mol. The van der Waals surface area contributed by atoms with E-state index in [2.05, 4.69) is 5.32 Å². The van der Waals surface area contributed by atoms with E-state index in [1.54, 1.807) is 14.2 Å². The summed E-state index contributed by atoms with van der Waals surface area (Å²) in [6.45, 7) is 2.71. The van der Waals surface area contributed by atoms with Gasteiger partial charge in [0.1, 0.15) is 12.6 Å². The van der Waals surface area contributed by atoms with Crippen LogP contribution in [0.25, 0.3) is 0 Å². The van der Waals surface area contributed by atoms with Crippen molar-refractivity contribution in [1.29, 1.82) is 0 Å². The minimum absolute atomic E-state index is 0.0508. The Kier molecular flexibility index (Phi) is 15.5. The number of hydrogen-bond acceptors (Lipinski definition) is 7. The fourth-order valence-corrected chi connectivity index (χ4v) is 1.68. The number of rotatable bonds is 16. The van der Waals surface area contributed by atoms with Crippen LogP contribution in [0.4, 0.5) is 4.79 Å². The number of carbonyl (C=O) groups excluding carboxylic acids is 1. The third kappa shape index (κ3) is 14.2. The second-order valence-corrected chi connectivity index (χ2v) is 4.88. The van der Waals surface area contributed by atoms with Crippen molar-refractivity contribution in [3.63, 3.8) is 0 Å². The van der Waals surface area contributed by atoms with Crippen molar-refractivity contribution < 1.29 is 38.4 Å². The molecule has 0 saturated carbocycles. The van der Waals surface area contributed by atoms with Crippen LogP contribution in [0.1, 0.15) is 19.3 Å². The number of amides is 1. The SMILES string of the molecule is COCCOCCCCC(NC(=O)OCCOCCOC)C(=O)O. The third-order valence-electron chi connectivity index (χ3n) is 2.95. The molecule has 0 radical (unpaired) electrons. The molecular weight excluding hydrogens is 322 g/mol. The number of carbonyl (C=O) groups is 2. The van der Waals surface area contributed by atoms with Crippen LogP contribution in [0.15, 0.2) is 0 Å². The van der Waals surface area contributed by atoms with E-state index in [0.717, 1.165) is 0 Å². The van der Waals surface area contributed by atoms with E-state index in [0.29, 0.717) is 52.3 Å². The molecule has 24 heavy (non-hydrogen) atoms. The Morgan fingerprint density at radius 2 is 1.46 bits per heavy atom. The van der Waals surface area contributed by atoms with E-state index in [-0.39, 0.29) is 13.2 Å². The quantitative estimate of drug-likeness (QED) is 0.390. The minimum Gasteiger partial charge on any atom is -0.480 e. The van der Waals surface area contributed by atoms with Gasteiger partial charge in [0.05, 0.1) is 33.0 Å². The number of carboxylic acids is 1. The van der Waals surface area contributed by atoms with Gasteiger partial charge in [-0.1, -0.05) is 0 Å². The summed E-state index contributed by atoms with van der Waals surface area (Å²) in [7, 11) is 3.16. The molecule has 9 nitrogen and oxygen atoms in total. The average Bonchev–Trinajstić information content (AvgIpc) is 2.56. The smallest absolute Gasteiger partial charge is 0.407 e. The molecule has 0 bridgehead atoms. The zero-order chi connectivity index (χ0) is 18.0. The van der Waals surface area contributed by atoms with Gasteiger partial charge in [0, 0.05) is 20.8 Å². The van der Waals surface area contributed by atoms with Crippen LogP contribution >= 0.6 is 0 Å². The molecule has 0 fully saturated rings. The molecule has 1 atom stereocenters. The molecule has 0 aliphatic carbocycles. The monoisotopic (exact) mass is 351 g/mol. The van der Waals surface area contributed by atoms with Gasteiger partial charge in [-0.25, -0.2) is 9.59 Å². The van der Waals surface area contributed by atoms with Crippen molar-refractivity contribution in [2.24, 2.45) is 0 Å². The molecule has 1 amide bonds. The highest BCUT2D eigenvalue weighted by atomic mass is 16.6. The van der Waals surface area contributed by atoms with Gasteiger partial charge in [-0.3, -0.25) is 0 Å². The molecular formula is C15H29NO8. The van der Waals surface area contributed by atoms with E-state index < -0.39 is 18.1 Å². The minimum atomic E-state index is -1.09. The summed E-state index contributed by atoms with van der Waals surface area (Å²) in [4.78, 5) is 22.7. The lowest BCUT2D eigenvalue weighted by atomic mass is 10.1. The van der Waals surface area contributed by atoms with E-state index in [1.165, 1.54) is 0 Å². The third-order valence-corrected chi connectivity index (χ3v) is 2.95. The van der Waals surface area contributed by atoms with Crippen molar-refractivity contribution in [2.45, 2.75) is 25.3 Å². The molecule has 0 aliphatic rings. The summed E-state index contributed by atoms with van der Waals surface area (Å²) in [5.74, 6) is -1.09. The summed E-state index contributed by atoms with van der Waals surface area (Å²) in [6, 6.07) is -0.981. The number of alkyl carbamates (subject to hydrolysis) is 1. The van der Waals surface area contributed by atoms with Crippen LogP contribution in [0.5, 0.6) is 0 Å². The van der Waals surface area contributed by atoms with Crippen molar-refractivity contribution in [2.75, 3.05) is 60.5 Å². The summed E-state index contributed by atoms with van der Waals surface area (Å²) in [5.41, 5.74) is 0. The second kappa shape index (κ2) is 16.4. The van der Waals surface area contributed by atoms with Gasteiger partial charge < -0.3 is 34.1 Å². The Bertz CT molecular complexity index is 327. The highest BCUT2D eigenvalue weighted by Gasteiger charge is 2.20. The lowest BCUT2D eigenvalue weighted by molar-refractivity contribution is -0.139. The van der Waals surface area contributed by atoms with E-state index in [1.807, 2.05) is 0 Å². The first-order valence-electron chi connectivity index (χ1n) is 7.91. The van der Waals surface area contributed by atoms with Crippen molar-refractivity contribution in [3.05, 3.63) is 0 Å². The Balaban J connectivity index is 3.74. The molecule has 2 N–H and O–H groups in total. The van der Waals surface area contributed by atoms with Gasteiger partial charge in [-0.05, 0) is 19.3 Å². The number of aliphatic carboxylic acids is 1. The molecule has 0 saturated heterocycles. The summed E-state index contributed by atoms with van der Waals surface area (Å²) in [6.07, 6.45) is 0.860. The topological polar surface area (TPSA) is 113 Å². The number of ether oxygens (including phenoxy) is 5. The van der Waals surface area contributed by atoms with Crippen LogP contribution in [0.2, 0.25) is 0 Å². The van der Waals surface area contributed by atoms with Gasteiger partial charge in [-0.2, -0.15) is 0 Å². The molecule has 0 aromatic heterocycles. The zero-order valence-electron chi connectivity index (χ0n) is 14.5. The lowest BCUT2D eigenvalue weighted by Crippen LogP contribution is -2.41. The first kappa shape index (κ1) is 22.6. The summed E-state index contributed by atoms with van der Waals surface area (Å²) < 4.78 is 24.9. The van der Waals surface area contributed by atoms with E-state index in [4.69, 9.17) is 28.8 Å². The Morgan fingerprint density at radius 3 is 2.04 bits per heavy atom. The number of unbranched alkanes of at least 4 members (excludes halogenated alkanes) is 1. The van der Waals surface area contributed by atoms with Crippen molar-refractivity contribution >= 4 is 12.1 Å². The van der Waals surface area contributed by atoms with E-state index in [9.17, 15) is 9.59 Å².